The molecule has 1 aromatic heterocycles. The molecule has 0 bridgehead atoms. The Balaban J connectivity index is 2.06. The molecule has 1 N–H and O–H groups in total. The monoisotopic (exact) mass is 279 g/mol. The Morgan fingerprint density at radius 2 is 2.25 bits per heavy atom. The van der Waals surface area contributed by atoms with E-state index in [-0.39, 0.29) is 5.91 Å². The number of H-pyrrole nitrogens is 1. The average Bonchev–Trinajstić information content (AvgIpc) is 2.57. The zero-order valence-electron chi connectivity index (χ0n) is 8.53. The van der Waals surface area contributed by atoms with Crippen LogP contribution in [0.1, 0.15) is 16.9 Å². The summed E-state index contributed by atoms with van der Waals surface area (Å²) in [7, 11) is 0. The van der Waals surface area contributed by atoms with Crippen molar-refractivity contribution in [2.45, 2.75) is 6.42 Å². The van der Waals surface area contributed by atoms with Crippen LogP contribution >= 0.6 is 15.9 Å². The lowest BCUT2D eigenvalue weighted by Crippen LogP contribution is -2.42. The topological polar surface area (TPSA) is 49.0 Å². The number of benzene rings is 1. The molecule has 1 saturated heterocycles. The van der Waals surface area contributed by atoms with Crippen LogP contribution in [-0.4, -0.2) is 34.1 Å². The Labute approximate surface area is 101 Å². The number of likely N-dealkylation sites (tertiary alicyclic amines) is 1. The Morgan fingerprint density at radius 1 is 1.44 bits per heavy atom. The summed E-state index contributed by atoms with van der Waals surface area (Å²) in [5, 5.41) is 7.88. The second kappa shape index (κ2) is 3.59. The van der Waals surface area contributed by atoms with Crippen molar-refractivity contribution in [2.75, 3.05) is 13.1 Å². The van der Waals surface area contributed by atoms with Crippen LogP contribution in [0, 0.1) is 0 Å². The molecule has 0 radical (unpaired) electrons. The molecule has 1 amide bonds. The molecule has 1 aliphatic rings. The number of carbonyl (C=O) groups excluding carboxylic acids is 1. The Bertz CT molecular complexity index is 559. The van der Waals surface area contributed by atoms with E-state index in [2.05, 4.69) is 26.1 Å². The van der Waals surface area contributed by atoms with Crippen molar-refractivity contribution in [1.82, 2.24) is 15.1 Å². The number of fused-ring (bicyclic) bond motifs is 1. The molecule has 5 heteroatoms. The van der Waals surface area contributed by atoms with Crippen molar-refractivity contribution in [3.05, 3.63) is 28.4 Å². The number of aromatic amines is 1. The van der Waals surface area contributed by atoms with Crippen molar-refractivity contribution in [3.8, 4) is 0 Å². The molecule has 82 valence electrons. The van der Waals surface area contributed by atoms with Gasteiger partial charge in [0, 0.05) is 22.9 Å². The smallest absolute Gasteiger partial charge is 0.274 e. The first-order chi connectivity index (χ1) is 7.75. The number of aromatic nitrogens is 2. The second-order valence-electron chi connectivity index (χ2n) is 3.91. The summed E-state index contributed by atoms with van der Waals surface area (Å²) >= 11 is 3.39. The number of rotatable bonds is 1. The molecule has 16 heavy (non-hydrogen) atoms. The van der Waals surface area contributed by atoms with Crippen LogP contribution in [0.25, 0.3) is 10.9 Å². The van der Waals surface area contributed by atoms with Gasteiger partial charge in [-0.25, -0.2) is 0 Å². The van der Waals surface area contributed by atoms with Crippen LogP contribution in [-0.2, 0) is 0 Å². The molecule has 2 aromatic rings. The maximum Gasteiger partial charge on any atom is 0.274 e. The maximum absolute atomic E-state index is 12.0. The van der Waals surface area contributed by atoms with Crippen molar-refractivity contribution in [3.63, 3.8) is 0 Å². The van der Waals surface area contributed by atoms with Gasteiger partial charge in [-0.1, -0.05) is 15.9 Å². The molecule has 1 aromatic carbocycles. The van der Waals surface area contributed by atoms with Crippen molar-refractivity contribution in [2.24, 2.45) is 0 Å². The molecule has 0 aliphatic carbocycles. The van der Waals surface area contributed by atoms with E-state index in [9.17, 15) is 4.79 Å². The van der Waals surface area contributed by atoms with E-state index in [0.29, 0.717) is 5.69 Å². The molecular formula is C11H10BrN3O. The Hall–Kier alpha value is -1.36. The highest BCUT2D eigenvalue weighted by Gasteiger charge is 2.25. The molecule has 0 spiro atoms. The van der Waals surface area contributed by atoms with Crippen LogP contribution in [0.2, 0.25) is 0 Å². The number of hydrogen-bond donors (Lipinski definition) is 1. The standard InChI is InChI=1S/C11H10BrN3O/c12-7-2-3-8-9(6-7)13-14-10(8)11(16)15-4-1-5-15/h2-3,6H,1,4-5H2,(H,13,14). The van der Waals surface area contributed by atoms with Crippen molar-refractivity contribution < 1.29 is 4.79 Å². The quantitative estimate of drug-likeness (QED) is 0.870. The van der Waals surface area contributed by atoms with E-state index in [1.807, 2.05) is 23.1 Å². The fraction of sp³-hybridized carbons (Fsp3) is 0.273. The number of carbonyl (C=O) groups is 1. The van der Waals surface area contributed by atoms with Gasteiger partial charge in [-0.15, -0.1) is 0 Å². The van der Waals surface area contributed by atoms with E-state index in [1.165, 1.54) is 0 Å². The predicted molar refractivity (Wildman–Crippen MR) is 64.3 cm³/mol. The van der Waals surface area contributed by atoms with Crippen LogP contribution < -0.4 is 0 Å². The predicted octanol–water partition coefficient (Wildman–Crippen LogP) is 2.17. The number of nitrogens with zero attached hydrogens (tertiary/aromatic N) is 2. The molecule has 4 nitrogen and oxygen atoms in total. The van der Waals surface area contributed by atoms with Gasteiger partial charge >= 0.3 is 0 Å². The van der Waals surface area contributed by atoms with E-state index in [4.69, 9.17) is 0 Å². The SMILES string of the molecule is O=C(c1n[nH]c2cc(Br)ccc12)N1CCC1. The van der Waals surface area contributed by atoms with Gasteiger partial charge < -0.3 is 4.90 Å². The molecule has 2 heterocycles. The summed E-state index contributed by atoms with van der Waals surface area (Å²) in [6.07, 6.45) is 1.10. The van der Waals surface area contributed by atoms with Gasteiger partial charge in [-0.05, 0) is 24.6 Å². The highest BCUT2D eigenvalue weighted by atomic mass is 79.9. The minimum Gasteiger partial charge on any atom is -0.337 e. The van der Waals surface area contributed by atoms with Crippen molar-refractivity contribution >= 4 is 32.7 Å². The number of hydrogen-bond acceptors (Lipinski definition) is 2. The lowest BCUT2D eigenvalue weighted by Gasteiger charge is -2.30. The van der Waals surface area contributed by atoms with Gasteiger partial charge in [0.25, 0.3) is 5.91 Å². The summed E-state index contributed by atoms with van der Waals surface area (Å²) in [4.78, 5) is 13.8. The van der Waals surface area contributed by atoms with Gasteiger partial charge in [-0.2, -0.15) is 5.10 Å². The first kappa shape index (κ1) is 9.84. The van der Waals surface area contributed by atoms with Crippen LogP contribution in [0.3, 0.4) is 0 Å². The third-order valence-electron chi connectivity index (χ3n) is 2.87. The lowest BCUT2D eigenvalue weighted by molar-refractivity contribution is 0.0647. The maximum atomic E-state index is 12.0. The number of nitrogens with one attached hydrogen (secondary N) is 1. The van der Waals surface area contributed by atoms with E-state index in [1.54, 1.807) is 0 Å². The molecule has 0 atom stereocenters. The summed E-state index contributed by atoms with van der Waals surface area (Å²) < 4.78 is 0.978. The molecular weight excluding hydrogens is 270 g/mol. The largest absolute Gasteiger partial charge is 0.337 e. The first-order valence-corrected chi connectivity index (χ1v) is 5.98. The molecule has 0 unspecified atom stereocenters. The highest BCUT2D eigenvalue weighted by Crippen LogP contribution is 2.22. The van der Waals surface area contributed by atoms with Gasteiger partial charge in [-0.3, -0.25) is 9.89 Å². The third kappa shape index (κ3) is 1.43. The minimum absolute atomic E-state index is 0.0276. The number of amides is 1. The average molecular weight is 280 g/mol. The number of halogens is 1. The van der Waals surface area contributed by atoms with E-state index in [0.717, 1.165) is 34.9 Å². The molecule has 3 rings (SSSR count). The summed E-state index contributed by atoms with van der Waals surface area (Å²) in [5.41, 5.74) is 1.42. The summed E-state index contributed by atoms with van der Waals surface area (Å²) in [6.45, 7) is 1.70. The summed E-state index contributed by atoms with van der Waals surface area (Å²) in [5.74, 6) is 0.0276. The molecule has 0 saturated carbocycles. The Morgan fingerprint density at radius 3 is 2.94 bits per heavy atom. The normalized spacial score (nSPS) is 15.2. The molecule has 1 fully saturated rings. The van der Waals surface area contributed by atoms with Gasteiger partial charge in [0.2, 0.25) is 0 Å². The van der Waals surface area contributed by atoms with Gasteiger partial charge in [0.05, 0.1) is 5.52 Å². The van der Waals surface area contributed by atoms with Crippen LogP contribution in [0.4, 0.5) is 0 Å². The van der Waals surface area contributed by atoms with Gasteiger partial charge in [0.1, 0.15) is 0 Å². The lowest BCUT2D eigenvalue weighted by atomic mass is 10.1. The van der Waals surface area contributed by atoms with Gasteiger partial charge in [0.15, 0.2) is 5.69 Å². The van der Waals surface area contributed by atoms with Crippen LogP contribution in [0.5, 0.6) is 0 Å². The molecule has 1 aliphatic heterocycles. The zero-order valence-corrected chi connectivity index (χ0v) is 10.1. The fourth-order valence-corrected chi connectivity index (χ4v) is 2.19. The third-order valence-corrected chi connectivity index (χ3v) is 3.36. The van der Waals surface area contributed by atoms with E-state index >= 15 is 0 Å². The first-order valence-electron chi connectivity index (χ1n) is 5.18. The zero-order chi connectivity index (χ0) is 11.1. The fourth-order valence-electron chi connectivity index (χ4n) is 1.82. The Kier molecular flexibility index (Phi) is 2.21. The summed E-state index contributed by atoms with van der Waals surface area (Å²) in [6, 6.07) is 5.76. The second-order valence-corrected chi connectivity index (χ2v) is 4.82. The van der Waals surface area contributed by atoms with Crippen molar-refractivity contribution in [1.29, 1.82) is 0 Å². The van der Waals surface area contributed by atoms with Crippen LogP contribution in [0.15, 0.2) is 22.7 Å². The minimum atomic E-state index is 0.0276. The van der Waals surface area contributed by atoms with E-state index < -0.39 is 0 Å². The highest BCUT2D eigenvalue weighted by molar-refractivity contribution is 9.10.